The topological polar surface area (TPSA) is 30.5 Å². The number of fused-ring (bicyclic) bond motifs is 3. The van der Waals surface area contributed by atoms with Crippen molar-refractivity contribution >= 4 is 0 Å². The van der Waals surface area contributed by atoms with E-state index in [9.17, 15) is 0 Å². The molecule has 1 aromatic carbocycles. The predicted octanol–water partition coefficient (Wildman–Crippen LogP) is 3.61. The van der Waals surface area contributed by atoms with E-state index in [0.29, 0.717) is 6.04 Å². The molecule has 2 aliphatic heterocycles. The predicted molar refractivity (Wildman–Crippen MR) is 80.6 cm³/mol. The molecule has 0 spiro atoms. The summed E-state index contributed by atoms with van der Waals surface area (Å²) in [5.74, 6) is 1.95. The molecule has 0 bridgehead atoms. The van der Waals surface area contributed by atoms with E-state index in [2.05, 4.69) is 45.1 Å². The quantitative estimate of drug-likeness (QED) is 0.914. The maximum absolute atomic E-state index is 6.14. The maximum Gasteiger partial charge on any atom is 0.166 e. The zero-order chi connectivity index (χ0) is 14.3. The van der Waals surface area contributed by atoms with Crippen LogP contribution in [0.3, 0.4) is 0 Å². The fraction of sp³-hybridized carbons (Fsp3) is 0.647. The van der Waals surface area contributed by atoms with Gasteiger partial charge in [-0.05, 0) is 33.7 Å². The van der Waals surface area contributed by atoms with Crippen molar-refractivity contribution in [3.05, 3.63) is 23.3 Å². The standard InChI is InChI=1S/C17H25NO2/c1-5-8-18-14-9-11(2)19-16-13(14)7-6-12-10-17(3,4)20-15(12)16/h6-7,11,14,18H,5,8-10H2,1-4H3. The highest BCUT2D eigenvalue weighted by Crippen LogP contribution is 2.48. The Morgan fingerprint density at radius 1 is 1.30 bits per heavy atom. The number of hydrogen-bond acceptors (Lipinski definition) is 3. The van der Waals surface area contributed by atoms with Crippen LogP contribution >= 0.6 is 0 Å². The Morgan fingerprint density at radius 3 is 2.85 bits per heavy atom. The first kappa shape index (κ1) is 13.7. The first-order valence-corrected chi connectivity index (χ1v) is 7.75. The fourth-order valence-electron chi connectivity index (χ4n) is 3.26. The number of nitrogens with one attached hydrogen (secondary N) is 1. The van der Waals surface area contributed by atoms with Gasteiger partial charge < -0.3 is 14.8 Å². The summed E-state index contributed by atoms with van der Waals surface area (Å²) in [4.78, 5) is 0. The molecule has 0 amide bonds. The summed E-state index contributed by atoms with van der Waals surface area (Å²) in [5.41, 5.74) is 2.42. The molecule has 3 nitrogen and oxygen atoms in total. The highest BCUT2D eigenvalue weighted by molar-refractivity contribution is 5.56. The number of ether oxygens (including phenoxy) is 2. The van der Waals surface area contributed by atoms with Crippen LogP contribution in [0.1, 0.15) is 57.7 Å². The molecular weight excluding hydrogens is 250 g/mol. The lowest BCUT2D eigenvalue weighted by Gasteiger charge is -2.32. The molecule has 1 aromatic rings. The molecule has 0 radical (unpaired) electrons. The Balaban J connectivity index is 1.97. The van der Waals surface area contributed by atoms with Crippen LogP contribution in [0.15, 0.2) is 12.1 Å². The average Bonchev–Trinajstić information content (AvgIpc) is 2.70. The lowest BCUT2D eigenvalue weighted by atomic mass is 9.93. The zero-order valence-corrected chi connectivity index (χ0v) is 13.0. The molecule has 2 aliphatic rings. The first-order chi connectivity index (χ1) is 9.50. The lowest BCUT2D eigenvalue weighted by molar-refractivity contribution is 0.116. The second-order valence-electron chi connectivity index (χ2n) is 6.68. The Hall–Kier alpha value is -1.22. The summed E-state index contributed by atoms with van der Waals surface area (Å²) in [5, 5.41) is 3.63. The second kappa shape index (κ2) is 4.96. The third kappa shape index (κ3) is 2.39. The SMILES string of the molecule is CCCNC1CC(C)Oc2c1ccc1c2OC(C)(C)C1. The molecule has 110 valence electrons. The summed E-state index contributed by atoms with van der Waals surface area (Å²) >= 11 is 0. The zero-order valence-electron chi connectivity index (χ0n) is 13.0. The van der Waals surface area contributed by atoms with Gasteiger partial charge in [-0.25, -0.2) is 0 Å². The van der Waals surface area contributed by atoms with Crippen LogP contribution < -0.4 is 14.8 Å². The maximum atomic E-state index is 6.14. The van der Waals surface area contributed by atoms with Crippen molar-refractivity contribution in [3.63, 3.8) is 0 Å². The Morgan fingerprint density at radius 2 is 2.10 bits per heavy atom. The molecule has 1 N–H and O–H groups in total. The molecule has 3 heteroatoms. The minimum atomic E-state index is -0.117. The summed E-state index contributed by atoms with van der Waals surface area (Å²) in [6.07, 6.45) is 3.36. The van der Waals surface area contributed by atoms with Gasteiger partial charge in [0, 0.05) is 30.0 Å². The van der Waals surface area contributed by atoms with Gasteiger partial charge in [0.2, 0.25) is 0 Å². The van der Waals surface area contributed by atoms with Gasteiger partial charge in [-0.15, -0.1) is 0 Å². The molecule has 0 aromatic heterocycles. The Kier molecular flexibility index (Phi) is 3.41. The minimum Gasteiger partial charge on any atom is -0.486 e. The minimum absolute atomic E-state index is 0.117. The van der Waals surface area contributed by atoms with Gasteiger partial charge in [0.1, 0.15) is 5.60 Å². The summed E-state index contributed by atoms with van der Waals surface area (Å²) in [7, 11) is 0. The van der Waals surface area contributed by atoms with E-state index in [4.69, 9.17) is 9.47 Å². The number of benzene rings is 1. The van der Waals surface area contributed by atoms with Crippen molar-refractivity contribution < 1.29 is 9.47 Å². The van der Waals surface area contributed by atoms with E-state index in [1.165, 1.54) is 11.1 Å². The van der Waals surface area contributed by atoms with Gasteiger partial charge in [0.25, 0.3) is 0 Å². The fourth-order valence-corrected chi connectivity index (χ4v) is 3.26. The van der Waals surface area contributed by atoms with Crippen LogP contribution in [-0.4, -0.2) is 18.2 Å². The molecule has 3 rings (SSSR count). The lowest BCUT2D eigenvalue weighted by Crippen LogP contribution is -2.32. The van der Waals surface area contributed by atoms with E-state index in [1.807, 2.05) is 0 Å². The van der Waals surface area contributed by atoms with Crippen LogP contribution in [0.5, 0.6) is 11.5 Å². The summed E-state index contributed by atoms with van der Waals surface area (Å²) in [6, 6.07) is 4.81. The number of rotatable bonds is 3. The molecule has 0 saturated carbocycles. The van der Waals surface area contributed by atoms with Crippen LogP contribution in [0, 0.1) is 0 Å². The van der Waals surface area contributed by atoms with Crippen molar-refractivity contribution in [2.45, 2.75) is 64.7 Å². The highest BCUT2D eigenvalue weighted by Gasteiger charge is 2.37. The molecule has 2 atom stereocenters. The van der Waals surface area contributed by atoms with Crippen LogP contribution in [0.2, 0.25) is 0 Å². The normalized spacial score (nSPS) is 26.4. The van der Waals surface area contributed by atoms with Crippen LogP contribution in [0.25, 0.3) is 0 Å². The van der Waals surface area contributed by atoms with Crippen molar-refractivity contribution in [3.8, 4) is 11.5 Å². The molecular formula is C17H25NO2. The van der Waals surface area contributed by atoms with E-state index in [0.717, 1.165) is 37.3 Å². The van der Waals surface area contributed by atoms with E-state index in [-0.39, 0.29) is 11.7 Å². The molecule has 2 unspecified atom stereocenters. The smallest absolute Gasteiger partial charge is 0.166 e. The molecule has 2 heterocycles. The van der Waals surface area contributed by atoms with E-state index < -0.39 is 0 Å². The van der Waals surface area contributed by atoms with Crippen LogP contribution in [-0.2, 0) is 6.42 Å². The largest absolute Gasteiger partial charge is 0.486 e. The third-order valence-corrected chi connectivity index (χ3v) is 4.12. The van der Waals surface area contributed by atoms with Crippen molar-refractivity contribution in [2.24, 2.45) is 0 Å². The third-order valence-electron chi connectivity index (χ3n) is 4.12. The van der Waals surface area contributed by atoms with Gasteiger partial charge in [-0.2, -0.15) is 0 Å². The van der Waals surface area contributed by atoms with Crippen LogP contribution in [0.4, 0.5) is 0 Å². The van der Waals surface area contributed by atoms with Gasteiger partial charge in [-0.3, -0.25) is 0 Å². The summed E-state index contributed by atoms with van der Waals surface area (Å²) in [6.45, 7) is 9.66. The first-order valence-electron chi connectivity index (χ1n) is 7.75. The monoisotopic (exact) mass is 275 g/mol. The van der Waals surface area contributed by atoms with Gasteiger partial charge in [0.05, 0.1) is 6.10 Å². The highest BCUT2D eigenvalue weighted by atomic mass is 16.5. The summed E-state index contributed by atoms with van der Waals surface area (Å²) < 4.78 is 12.3. The second-order valence-corrected chi connectivity index (χ2v) is 6.68. The van der Waals surface area contributed by atoms with E-state index in [1.54, 1.807) is 0 Å². The number of hydrogen-bond donors (Lipinski definition) is 1. The molecule has 0 fully saturated rings. The molecule has 0 aliphatic carbocycles. The van der Waals surface area contributed by atoms with Gasteiger partial charge in [-0.1, -0.05) is 19.1 Å². The van der Waals surface area contributed by atoms with Crippen molar-refractivity contribution in [1.29, 1.82) is 0 Å². The van der Waals surface area contributed by atoms with Gasteiger partial charge in [0.15, 0.2) is 11.5 Å². The van der Waals surface area contributed by atoms with Crippen molar-refractivity contribution in [1.82, 2.24) is 5.32 Å². The Labute approximate surface area is 121 Å². The van der Waals surface area contributed by atoms with Gasteiger partial charge >= 0.3 is 0 Å². The van der Waals surface area contributed by atoms with E-state index >= 15 is 0 Å². The molecule has 20 heavy (non-hydrogen) atoms. The average molecular weight is 275 g/mol. The van der Waals surface area contributed by atoms with Crippen molar-refractivity contribution in [2.75, 3.05) is 6.54 Å². The molecule has 0 saturated heterocycles. The Bertz CT molecular complexity index is 510.